The van der Waals surface area contributed by atoms with E-state index in [1.54, 1.807) is 0 Å². The summed E-state index contributed by atoms with van der Waals surface area (Å²) in [7, 11) is -4.63. The van der Waals surface area contributed by atoms with Crippen LogP contribution in [0.2, 0.25) is 0 Å². The molecule has 0 saturated carbocycles. The number of nitrogens with two attached hydrogens (primary N) is 1. The molecule has 0 aliphatic heterocycles. The Labute approximate surface area is 50.5 Å². The fourth-order valence-corrected chi connectivity index (χ4v) is 0.432. The number of aliphatic carboxylic acids is 1. The summed E-state index contributed by atoms with van der Waals surface area (Å²) in [5.74, 6) is -3.80. The molecule has 0 unspecified atom stereocenters. The first-order valence-corrected chi connectivity index (χ1v) is 3.57. The zero-order valence-electron chi connectivity index (χ0n) is 4.26. The third-order valence-corrected chi connectivity index (χ3v) is 1.56. The summed E-state index contributed by atoms with van der Waals surface area (Å²) in [6, 6.07) is 0. The second-order valence-electron chi connectivity index (χ2n) is 1.37. The number of carbonyl (C=O) groups is 1. The largest absolute Gasteiger partial charge is 0.480 e. The van der Waals surface area contributed by atoms with Gasteiger partial charge in [0.05, 0.1) is 0 Å². The van der Waals surface area contributed by atoms with E-state index in [0.717, 1.165) is 0 Å². The van der Waals surface area contributed by atoms with Crippen molar-refractivity contribution in [1.82, 2.24) is 0 Å². The minimum absolute atomic E-state index is 1.71. The van der Waals surface area contributed by atoms with Crippen molar-refractivity contribution in [3.05, 3.63) is 0 Å². The number of hydrogen-bond acceptors (Lipinski definition) is 3. The van der Waals surface area contributed by atoms with Gasteiger partial charge in [-0.25, -0.2) is 4.79 Å². The molecule has 54 valence electrons. The maximum Gasteiger partial charge on any atom is 0.353 e. The van der Waals surface area contributed by atoms with Gasteiger partial charge in [-0.3, -0.25) is 4.57 Å². The second-order valence-corrected chi connectivity index (χ2v) is 3.11. The van der Waals surface area contributed by atoms with Crippen LogP contribution in [0.1, 0.15) is 0 Å². The van der Waals surface area contributed by atoms with Crippen LogP contribution in [0.3, 0.4) is 0 Å². The fourth-order valence-electron chi connectivity index (χ4n) is 0.144. The number of rotatable bonds is 2. The van der Waals surface area contributed by atoms with Crippen molar-refractivity contribution < 1.29 is 24.3 Å². The van der Waals surface area contributed by atoms with E-state index in [0.29, 0.717) is 0 Å². The van der Waals surface area contributed by atoms with Gasteiger partial charge in [0, 0.05) is 0 Å². The van der Waals surface area contributed by atoms with Gasteiger partial charge >= 0.3 is 13.6 Å². The minimum atomic E-state index is -4.63. The third kappa shape index (κ3) is 2.57. The van der Waals surface area contributed by atoms with Crippen molar-refractivity contribution >= 4 is 13.6 Å². The predicted molar refractivity (Wildman–Crippen MR) is 27.7 cm³/mol. The highest BCUT2D eigenvalue weighted by Gasteiger charge is 2.31. The molecule has 0 heterocycles. The molecule has 0 fully saturated rings. The van der Waals surface area contributed by atoms with Crippen LogP contribution in [0.15, 0.2) is 0 Å². The summed E-state index contributed by atoms with van der Waals surface area (Å²) in [6.45, 7) is 0. The summed E-state index contributed by atoms with van der Waals surface area (Å²) in [6.07, 6.45) is 0. The second kappa shape index (κ2) is 2.45. The zero-order valence-corrected chi connectivity index (χ0v) is 5.15. The normalized spacial score (nSPS) is 15.0. The average molecular weight is 155 g/mol. The Morgan fingerprint density at radius 3 is 1.89 bits per heavy atom. The van der Waals surface area contributed by atoms with Crippen LogP contribution in [0.5, 0.6) is 0 Å². The predicted octanol–water partition coefficient (Wildman–Crippen LogP) is -1.47. The van der Waals surface area contributed by atoms with Crippen LogP contribution < -0.4 is 5.73 Å². The smallest absolute Gasteiger partial charge is 0.353 e. The summed E-state index contributed by atoms with van der Waals surface area (Å²) < 4.78 is 9.96. The van der Waals surface area contributed by atoms with Crippen LogP contribution in [0.25, 0.3) is 0 Å². The molecule has 0 aromatic heterocycles. The Hall–Kier alpha value is -0.420. The Kier molecular flexibility index (Phi) is 2.33. The first kappa shape index (κ1) is 8.58. The monoisotopic (exact) mass is 155 g/mol. The molecule has 7 heteroatoms. The molecule has 0 radical (unpaired) electrons. The Balaban J connectivity index is 4.23. The molecule has 0 aliphatic rings. The van der Waals surface area contributed by atoms with E-state index in [9.17, 15) is 9.36 Å². The highest BCUT2D eigenvalue weighted by Crippen LogP contribution is 2.37. The van der Waals surface area contributed by atoms with Gasteiger partial charge in [-0.15, -0.1) is 0 Å². The Bertz CT molecular complexity index is 160. The van der Waals surface area contributed by atoms with Gasteiger partial charge in [-0.2, -0.15) is 0 Å². The topological polar surface area (TPSA) is 121 Å². The lowest BCUT2D eigenvalue weighted by Gasteiger charge is -2.06. The lowest BCUT2D eigenvalue weighted by Crippen LogP contribution is -2.29. The first-order valence-electron chi connectivity index (χ1n) is 1.89. The summed E-state index contributed by atoms with van der Waals surface area (Å²) in [5, 5.41) is 7.90. The lowest BCUT2D eigenvalue weighted by atomic mass is 10.7. The Morgan fingerprint density at radius 2 is 1.89 bits per heavy atom. The average Bonchev–Trinajstić information content (AvgIpc) is 1.62. The van der Waals surface area contributed by atoms with E-state index in [2.05, 4.69) is 5.73 Å². The highest BCUT2D eigenvalue weighted by atomic mass is 31.2. The van der Waals surface area contributed by atoms with Crippen molar-refractivity contribution in [3.8, 4) is 0 Å². The highest BCUT2D eigenvalue weighted by molar-refractivity contribution is 7.53. The van der Waals surface area contributed by atoms with Crippen LogP contribution in [-0.4, -0.2) is 26.6 Å². The maximum absolute atomic E-state index is 9.96. The summed E-state index contributed by atoms with van der Waals surface area (Å²) in [4.78, 5) is 25.9. The van der Waals surface area contributed by atoms with Gasteiger partial charge in [0.25, 0.3) is 0 Å². The van der Waals surface area contributed by atoms with Gasteiger partial charge in [-0.05, 0) is 0 Å². The molecule has 0 saturated heterocycles. The molecule has 0 aromatic carbocycles. The van der Waals surface area contributed by atoms with Gasteiger partial charge < -0.3 is 20.6 Å². The van der Waals surface area contributed by atoms with Crippen molar-refractivity contribution in [1.29, 1.82) is 0 Å². The van der Waals surface area contributed by atoms with Gasteiger partial charge in [0.1, 0.15) is 0 Å². The fraction of sp³-hybridized carbons (Fsp3) is 0.500. The van der Waals surface area contributed by atoms with Gasteiger partial charge in [0.15, 0.2) is 0 Å². The maximum atomic E-state index is 9.96. The summed E-state index contributed by atoms with van der Waals surface area (Å²) in [5.41, 5.74) is 4.53. The molecule has 5 N–H and O–H groups in total. The molecular weight excluding hydrogens is 149 g/mol. The third-order valence-electron chi connectivity index (χ3n) is 0.615. The van der Waals surface area contributed by atoms with E-state index in [4.69, 9.17) is 14.9 Å². The zero-order chi connectivity index (χ0) is 7.65. The molecule has 0 aromatic rings. The van der Waals surface area contributed by atoms with Crippen molar-refractivity contribution in [2.24, 2.45) is 5.73 Å². The van der Waals surface area contributed by atoms with Crippen LogP contribution in [0.4, 0.5) is 0 Å². The lowest BCUT2D eigenvalue weighted by molar-refractivity contribution is -0.136. The van der Waals surface area contributed by atoms with Gasteiger partial charge in [-0.1, -0.05) is 0 Å². The quantitative estimate of drug-likeness (QED) is 0.361. The molecule has 9 heavy (non-hydrogen) atoms. The number of carboxylic acid groups (broad SMARTS) is 1. The molecule has 0 rings (SSSR count). The van der Waals surface area contributed by atoms with Crippen molar-refractivity contribution in [2.45, 2.75) is 5.78 Å². The molecule has 0 amide bonds. The Morgan fingerprint density at radius 1 is 1.56 bits per heavy atom. The van der Waals surface area contributed by atoms with E-state index in [-0.39, 0.29) is 0 Å². The van der Waals surface area contributed by atoms with Crippen molar-refractivity contribution in [3.63, 3.8) is 0 Å². The van der Waals surface area contributed by atoms with E-state index >= 15 is 0 Å². The van der Waals surface area contributed by atoms with Crippen LogP contribution in [-0.2, 0) is 9.36 Å². The number of hydrogen-bond donors (Lipinski definition) is 4. The van der Waals surface area contributed by atoms with Crippen LogP contribution >= 0.6 is 7.60 Å². The summed E-state index contributed by atoms with van der Waals surface area (Å²) >= 11 is 0. The molecule has 0 aliphatic carbocycles. The molecular formula is C2H6NO5P. The molecule has 1 atom stereocenters. The number of carboxylic acids is 1. The van der Waals surface area contributed by atoms with E-state index in [1.165, 1.54) is 0 Å². The van der Waals surface area contributed by atoms with Crippen molar-refractivity contribution in [2.75, 3.05) is 0 Å². The van der Waals surface area contributed by atoms with Crippen LogP contribution in [0, 0.1) is 0 Å². The van der Waals surface area contributed by atoms with Gasteiger partial charge in [0.2, 0.25) is 5.78 Å². The molecule has 6 nitrogen and oxygen atoms in total. The molecule has 0 bridgehead atoms. The minimum Gasteiger partial charge on any atom is -0.480 e. The van der Waals surface area contributed by atoms with E-state index < -0.39 is 19.3 Å². The van der Waals surface area contributed by atoms with E-state index in [1.807, 2.05) is 0 Å². The SMILES string of the molecule is N[C@@H](C(=O)O)P(=O)(O)O. The standard InChI is InChI=1S/C2H6NO5P/c3-1(2(4)5)9(6,7)8/h1H,3H2,(H,4,5)(H2,6,7,8)/t1-/m1/s1. The first-order chi connectivity index (χ1) is 3.85. The molecule has 0 spiro atoms.